The van der Waals surface area contributed by atoms with Gasteiger partial charge in [-0.3, -0.25) is 9.69 Å². The monoisotopic (exact) mass is 559 g/mol. The summed E-state index contributed by atoms with van der Waals surface area (Å²) in [6, 6.07) is 14.3. The molecule has 0 bridgehead atoms. The SMILES string of the molecule is CC(C)(C)NC(=O)N(CCN1CCOCC1)CC(=O)N1N=C(c2ccccc2Cl)C[C@H]1c1ccc(Cl)cc1. The normalized spacial score (nSPS) is 18.3. The number of morpholine rings is 1. The van der Waals surface area contributed by atoms with Gasteiger partial charge in [-0.25, -0.2) is 9.80 Å². The highest BCUT2D eigenvalue weighted by Gasteiger charge is 2.35. The van der Waals surface area contributed by atoms with Crippen LogP contribution in [0.4, 0.5) is 4.79 Å². The van der Waals surface area contributed by atoms with Crippen molar-refractivity contribution in [1.82, 2.24) is 20.1 Å². The number of halogens is 2. The number of amides is 3. The molecule has 2 aliphatic heterocycles. The number of nitrogens with one attached hydrogen (secondary N) is 1. The van der Waals surface area contributed by atoms with Gasteiger partial charge in [0.15, 0.2) is 0 Å². The number of ether oxygens (including phenoxy) is 1. The lowest BCUT2D eigenvalue weighted by Crippen LogP contribution is -2.53. The van der Waals surface area contributed by atoms with Crippen molar-refractivity contribution in [1.29, 1.82) is 0 Å². The molecule has 1 fully saturated rings. The molecule has 204 valence electrons. The number of benzene rings is 2. The summed E-state index contributed by atoms with van der Waals surface area (Å²) in [5.41, 5.74) is 1.99. The predicted molar refractivity (Wildman–Crippen MR) is 151 cm³/mol. The van der Waals surface area contributed by atoms with Crippen LogP contribution in [0.1, 0.15) is 44.4 Å². The predicted octanol–water partition coefficient (Wildman–Crippen LogP) is 4.81. The van der Waals surface area contributed by atoms with E-state index < -0.39 is 5.54 Å². The topological polar surface area (TPSA) is 77.5 Å². The number of hydrazone groups is 1. The Bertz CT molecular complexity index is 1160. The molecule has 1 N–H and O–H groups in total. The molecule has 3 amide bonds. The molecule has 0 saturated carbocycles. The summed E-state index contributed by atoms with van der Waals surface area (Å²) in [7, 11) is 0. The van der Waals surface area contributed by atoms with Crippen molar-refractivity contribution in [3.63, 3.8) is 0 Å². The van der Waals surface area contributed by atoms with Crippen LogP contribution in [0.2, 0.25) is 10.0 Å². The molecule has 2 aromatic rings. The number of carbonyl (C=O) groups is 2. The zero-order chi connectivity index (χ0) is 27.3. The number of nitrogens with zero attached hydrogens (tertiary/aromatic N) is 4. The van der Waals surface area contributed by atoms with Crippen molar-refractivity contribution < 1.29 is 14.3 Å². The van der Waals surface area contributed by atoms with E-state index in [2.05, 4.69) is 10.2 Å². The van der Waals surface area contributed by atoms with Gasteiger partial charge in [0.05, 0.1) is 25.0 Å². The van der Waals surface area contributed by atoms with Crippen molar-refractivity contribution in [2.45, 2.75) is 38.8 Å². The van der Waals surface area contributed by atoms with E-state index in [1.54, 1.807) is 17.0 Å². The van der Waals surface area contributed by atoms with E-state index in [0.29, 0.717) is 42.8 Å². The summed E-state index contributed by atoms with van der Waals surface area (Å²) in [4.78, 5) is 30.8. The Hall–Kier alpha value is -2.65. The first kappa shape index (κ1) is 28.4. The molecule has 1 saturated heterocycles. The van der Waals surface area contributed by atoms with Crippen molar-refractivity contribution >= 4 is 40.9 Å². The first-order valence-corrected chi connectivity index (χ1v) is 13.6. The van der Waals surface area contributed by atoms with Crippen LogP contribution >= 0.6 is 23.2 Å². The molecule has 38 heavy (non-hydrogen) atoms. The summed E-state index contributed by atoms with van der Waals surface area (Å²) < 4.78 is 5.44. The number of hydrogen-bond donors (Lipinski definition) is 1. The highest BCUT2D eigenvalue weighted by atomic mass is 35.5. The first-order valence-electron chi connectivity index (χ1n) is 12.9. The molecular formula is C28H35Cl2N5O3. The highest BCUT2D eigenvalue weighted by molar-refractivity contribution is 6.34. The minimum Gasteiger partial charge on any atom is -0.379 e. The minimum atomic E-state index is -0.438. The standard InChI is InChI=1S/C28H35Cl2N5O3/c1-28(2,3)31-27(37)34(13-12-33-14-16-38-17-15-33)19-26(36)35-25(20-8-10-21(29)11-9-20)18-24(32-35)22-6-4-5-7-23(22)30/h4-11,25H,12-19H2,1-3H3,(H,31,37)/t25-/m0/s1. The fourth-order valence-corrected chi connectivity index (χ4v) is 4.89. The van der Waals surface area contributed by atoms with Gasteiger partial charge in [-0.15, -0.1) is 0 Å². The lowest BCUT2D eigenvalue weighted by atomic mass is 9.98. The van der Waals surface area contributed by atoms with Crippen molar-refractivity contribution in [3.05, 3.63) is 69.7 Å². The Balaban J connectivity index is 1.58. The average molecular weight is 561 g/mol. The molecule has 2 aliphatic rings. The molecule has 0 unspecified atom stereocenters. The molecule has 1 atom stereocenters. The summed E-state index contributed by atoms with van der Waals surface area (Å²) >= 11 is 12.6. The zero-order valence-corrected chi connectivity index (χ0v) is 23.6. The van der Waals surface area contributed by atoms with Gasteiger partial charge >= 0.3 is 6.03 Å². The minimum absolute atomic E-state index is 0.102. The maximum atomic E-state index is 13.8. The molecule has 0 radical (unpaired) electrons. The Labute approximate surface area is 234 Å². The number of carbonyl (C=O) groups excluding carboxylic acids is 2. The fourth-order valence-electron chi connectivity index (χ4n) is 4.52. The van der Waals surface area contributed by atoms with E-state index in [1.165, 1.54) is 5.01 Å². The first-order chi connectivity index (χ1) is 18.1. The third-order valence-electron chi connectivity index (χ3n) is 6.49. The molecule has 2 aromatic carbocycles. The van der Waals surface area contributed by atoms with Crippen molar-refractivity contribution in [3.8, 4) is 0 Å². The maximum absolute atomic E-state index is 13.8. The number of urea groups is 1. The third kappa shape index (κ3) is 7.47. The molecule has 2 heterocycles. The second-order valence-electron chi connectivity index (χ2n) is 10.6. The van der Waals surface area contributed by atoms with Crippen LogP contribution < -0.4 is 5.32 Å². The van der Waals surface area contributed by atoms with E-state index in [-0.39, 0.29) is 24.5 Å². The summed E-state index contributed by atoms with van der Waals surface area (Å²) in [6.45, 7) is 9.68. The Morgan fingerprint density at radius 2 is 1.76 bits per heavy atom. The fraction of sp³-hybridized carbons (Fsp3) is 0.464. The van der Waals surface area contributed by atoms with Crippen molar-refractivity contribution in [2.75, 3.05) is 45.9 Å². The highest BCUT2D eigenvalue weighted by Crippen LogP contribution is 2.35. The maximum Gasteiger partial charge on any atom is 0.318 e. The van der Waals surface area contributed by atoms with Crippen LogP contribution in [0.3, 0.4) is 0 Å². The van der Waals surface area contributed by atoms with Gasteiger partial charge in [-0.1, -0.05) is 53.5 Å². The Morgan fingerprint density at radius 3 is 2.42 bits per heavy atom. The number of rotatable bonds is 7. The van der Waals surface area contributed by atoms with E-state index >= 15 is 0 Å². The van der Waals surface area contributed by atoms with Gasteiger partial charge in [0.2, 0.25) is 0 Å². The van der Waals surface area contributed by atoms with Gasteiger partial charge < -0.3 is 15.0 Å². The van der Waals surface area contributed by atoms with E-state index in [1.807, 2.05) is 57.2 Å². The summed E-state index contributed by atoms with van der Waals surface area (Å²) in [5.74, 6) is -0.266. The molecule has 8 nitrogen and oxygen atoms in total. The van der Waals surface area contributed by atoms with Crippen LogP contribution in [0.5, 0.6) is 0 Å². The van der Waals surface area contributed by atoms with Crippen LogP contribution in [0.25, 0.3) is 0 Å². The van der Waals surface area contributed by atoms with Gasteiger partial charge in [0.25, 0.3) is 5.91 Å². The van der Waals surface area contributed by atoms with Crippen LogP contribution in [0.15, 0.2) is 53.6 Å². The Kier molecular flexibility index (Phi) is 9.31. The van der Waals surface area contributed by atoms with Gasteiger partial charge in [0, 0.05) is 53.7 Å². The average Bonchev–Trinajstić information content (AvgIpc) is 3.32. The molecule has 0 spiro atoms. The molecule has 4 rings (SSSR count). The lowest BCUT2D eigenvalue weighted by molar-refractivity contribution is -0.133. The molecular weight excluding hydrogens is 525 g/mol. The molecule has 0 aliphatic carbocycles. The van der Waals surface area contributed by atoms with Crippen LogP contribution in [-0.4, -0.2) is 83.9 Å². The smallest absolute Gasteiger partial charge is 0.318 e. The van der Waals surface area contributed by atoms with E-state index in [0.717, 1.165) is 29.9 Å². The van der Waals surface area contributed by atoms with Crippen molar-refractivity contribution in [2.24, 2.45) is 5.10 Å². The second kappa shape index (κ2) is 12.5. The van der Waals surface area contributed by atoms with Gasteiger partial charge in [-0.2, -0.15) is 5.10 Å². The summed E-state index contributed by atoms with van der Waals surface area (Å²) in [5, 5.41) is 10.4. The van der Waals surface area contributed by atoms with Crippen LogP contribution in [-0.2, 0) is 9.53 Å². The van der Waals surface area contributed by atoms with Gasteiger partial charge in [-0.05, 0) is 44.5 Å². The molecule has 0 aromatic heterocycles. The summed E-state index contributed by atoms with van der Waals surface area (Å²) in [6.07, 6.45) is 0.499. The zero-order valence-electron chi connectivity index (χ0n) is 22.1. The van der Waals surface area contributed by atoms with Gasteiger partial charge in [0.1, 0.15) is 6.54 Å². The van der Waals surface area contributed by atoms with Crippen LogP contribution in [0, 0.1) is 0 Å². The number of hydrogen-bond acceptors (Lipinski definition) is 5. The van der Waals surface area contributed by atoms with E-state index in [4.69, 9.17) is 33.0 Å². The molecule has 10 heteroatoms. The van der Waals surface area contributed by atoms with E-state index in [9.17, 15) is 9.59 Å². The lowest BCUT2D eigenvalue weighted by Gasteiger charge is -2.32. The second-order valence-corrected chi connectivity index (χ2v) is 11.4. The largest absolute Gasteiger partial charge is 0.379 e. The third-order valence-corrected chi connectivity index (χ3v) is 7.07. The Morgan fingerprint density at radius 1 is 1.08 bits per heavy atom. The quantitative estimate of drug-likeness (QED) is 0.527.